The van der Waals surface area contributed by atoms with Crippen LogP contribution in [-0.4, -0.2) is 42.5 Å². The molecular formula is C24H22N2O6. The second kappa shape index (κ2) is 10.2. The van der Waals surface area contributed by atoms with Gasteiger partial charge in [-0.25, -0.2) is 4.79 Å². The molecule has 0 aliphatic carbocycles. The van der Waals surface area contributed by atoms with Gasteiger partial charge < -0.3 is 14.4 Å². The number of nitrogens with zero attached hydrogens (tertiary/aromatic N) is 2. The summed E-state index contributed by atoms with van der Waals surface area (Å²) in [5.74, 6) is -1.24. The highest BCUT2D eigenvalue weighted by molar-refractivity contribution is 5.90. The van der Waals surface area contributed by atoms with E-state index in [1.54, 1.807) is 7.05 Å². The zero-order valence-electron chi connectivity index (χ0n) is 17.6. The van der Waals surface area contributed by atoms with Crippen molar-refractivity contribution in [2.24, 2.45) is 0 Å². The Labute approximate surface area is 185 Å². The predicted octanol–water partition coefficient (Wildman–Crippen LogP) is 4.01. The minimum Gasteiger partial charge on any atom is -0.477 e. The molecule has 0 fully saturated rings. The maximum Gasteiger partial charge on any atom is 0.337 e. The van der Waals surface area contributed by atoms with E-state index < -0.39 is 17.5 Å². The van der Waals surface area contributed by atoms with Crippen LogP contribution in [0.1, 0.15) is 27.5 Å². The number of esters is 1. The Morgan fingerprint density at radius 1 is 0.969 bits per heavy atom. The second-order valence-electron chi connectivity index (χ2n) is 6.95. The fourth-order valence-corrected chi connectivity index (χ4v) is 3.32. The molecule has 8 nitrogen and oxygen atoms in total. The third kappa shape index (κ3) is 5.10. The van der Waals surface area contributed by atoms with E-state index in [9.17, 15) is 19.7 Å². The maximum absolute atomic E-state index is 13.0. The molecule has 0 saturated heterocycles. The van der Waals surface area contributed by atoms with Crippen LogP contribution in [0.4, 0.5) is 5.69 Å². The molecule has 164 valence electrons. The molecule has 0 aromatic heterocycles. The van der Waals surface area contributed by atoms with Crippen molar-refractivity contribution < 1.29 is 24.0 Å². The van der Waals surface area contributed by atoms with Gasteiger partial charge in [-0.05, 0) is 17.2 Å². The van der Waals surface area contributed by atoms with Gasteiger partial charge >= 0.3 is 11.7 Å². The fourth-order valence-electron chi connectivity index (χ4n) is 3.32. The topological polar surface area (TPSA) is 99.0 Å². The van der Waals surface area contributed by atoms with Crippen molar-refractivity contribution in [1.29, 1.82) is 0 Å². The summed E-state index contributed by atoms with van der Waals surface area (Å²) in [6.07, 6.45) is 0. The van der Waals surface area contributed by atoms with Crippen LogP contribution >= 0.6 is 0 Å². The number of likely N-dealkylation sites (N-methyl/N-ethyl adjacent to an activating group) is 1. The molecule has 1 amide bonds. The summed E-state index contributed by atoms with van der Waals surface area (Å²) in [5.41, 5.74) is 1.55. The predicted molar refractivity (Wildman–Crippen MR) is 117 cm³/mol. The van der Waals surface area contributed by atoms with E-state index in [4.69, 9.17) is 4.74 Å². The smallest absolute Gasteiger partial charge is 0.337 e. The van der Waals surface area contributed by atoms with E-state index in [-0.39, 0.29) is 28.9 Å². The number of nitro groups is 1. The Kier molecular flexibility index (Phi) is 7.17. The Hall–Kier alpha value is -4.20. The molecule has 3 aromatic carbocycles. The molecule has 8 heteroatoms. The number of rotatable bonds is 8. The van der Waals surface area contributed by atoms with Gasteiger partial charge in [0.05, 0.1) is 23.6 Å². The van der Waals surface area contributed by atoms with Gasteiger partial charge in [-0.2, -0.15) is 0 Å². The number of benzene rings is 3. The number of hydrogen-bond donors (Lipinski definition) is 0. The highest BCUT2D eigenvalue weighted by atomic mass is 16.6. The van der Waals surface area contributed by atoms with Crippen molar-refractivity contribution in [2.45, 2.75) is 6.04 Å². The van der Waals surface area contributed by atoms with Gasteiger partial charge in [-0.3, -0.25) is 14.9 Å². The normalized spacial score (nSPS) is 10.5. The van der Waals surface area contributed by atoms with Gasteiger partial charge in [0.2, 0.25) is 0 Å². The monoisotopic (exact) mass is 434 g/mol. The summed E-state index contributed by atoms with van der Waals surface area (Å²) >= 11 is 0. The molecule has 0 aliphatic heterocycles. The lowest BCUT2D eigenvalue weighted by Crippen LogP contribution is -2.35. The SMILES string of the molecule is COC(=O)c1ccc([N+](=O)[O-])c(OCC(=O)N(C)C(c2ccccc2)c2ccccc2)c1. The quantitative estimate of drug-likeness (QED) is 0.302. The summed E-state index contributed by atoms with van der Waals surface area (Å²) in [4.78, 5) is 37.0. The molecule has 0 bridgehead atoms. The molecule has 0 atom stereocenters. The van der Waals surface area contributed by atoms with Crippen LogP contribution in [0.15, 0.2) is 78.9 Å². The van der Waals surface area contributed by atoms with Gasteiger partial charge in [0, 0.05) is 19.2 Å². The highest BCUT2D eigenvalue weighted by Crippen LogP contribution is 2.30. The minimum absolute atomic E-state index is 0.0837. The second-order valence-corrected chi connectivity index (χ2v) is 6.95. The molecule has 3 aromatic rings. The summed E-state index contributed by atoms with van der Waals surface area (Å²) in [5, 5.41) is 11.3. The fraction of sp³-hybridized carbons (Fsp3) is 0.167. The largest absolute Gasteiger partial charge is 0.477 e. The third-order valence-electron chi connectivity index (χ3n) is 4.94. The van der Waals surface area contributed by atoms with Crippen LogP contribution in [0.25, 0.3) is 0 Å². The van der Waals surface area contributed by atoms with Crippen molar-refractivity contribution in [1.82, 2.24) is 4.90 Å². The van der Waals surface area contributed by atoms with Crippen molar-refractivity contribution in [3.8, 4) is 5.75 Å². The van der Waals surface area contributed by atoms with Gasteiger partial charge in [0.1, 0.15) is 0 Å². The van der Waals surface area contributed by atoms with Crippen LogP contribution in [0.2, 0.25) is 0 Å². The van der Waals surface area contributed by atoms with Gasteiger partial charge in [-0.1, -0.05) is 60.7 Å². The summed E-state index contributed by atoms with van der Waals surface area (Å²) < 4.78 is 10.1. The molecule has 32 heavy (non-hydrogen) atoms. The number of carbonyl (C=O) groups excluding carboxylic acids is 2. The molecule has 0 N–H and O–H groups in total. The van der Waals surface area contributed by atoms with Crippen LogP contribution in [0.3, 0.4) is 0 Å². The molecule has 0 unspecified atom stereocenters. The Morgan fingerprint density at radius 3 is 2.03 bits per heavy atom. The third-order valence-corrected chi connectivity index (χ3v) is 4.94. The van der Waals surface area contributed by atoms with Crippen LogP contribution in [0, 0.1) is 10.1 Å². The number of carbonyl (C=O) groups is 2. The van der Waals surface area contributed by atoms with Crippen molar-refractivity contribution in [2.75, 3.05) is 20.8 Å². The lowest BCUT2D eigenvalue weighted by atomic mass is 9.97. The van der Waals surface area contributed by atoms with Crippen molar-refractivity contribution in [3.63, 3.8) is 0 Å². The first-order valence-corrected chi connectivity index (χ1v) is 9.77. The van der Waals surface area contributed by atoms with E-state index in [1.165, 1.54) is 24.1 Å². The zero-order chi connectivity index (χ0) is 23.1. The van der Waals surface area contributed by atoms with E-state index in [1.807, 2.05) is 60.7 Å². The van der Waals surface area contributed by atoms with Crippen molar-refractivity contribution in [3.05, 3.63) is 106 Å². The highest BCUT2D eigenvalue weighted by Gasteiger charge is 2.25. The van der Waals surface area contributed by atoms with E-state index >= 15 is 0 Å². The first-order chi connectivity index (χ1) is 15.4. The number of hydrogen-bond acceptors (Lipinski definition) is 6. The number of nitro benzene ring substituents is 1. The van der Waals surface area contributed by atoms with Gasteiger partial charge in [-0.15, -0.1) is 0 Å². The van der Waals surface area contributed by atoms with Crippen LogP contribution in [-0.2, 0) is 9.53 Å². The van der Waals surface area contributed by atoms with E-state index in [0.717, 1.165) is 17.2 Å². The van der Waals surface area contributed by atoms with E-state index in [0.29, 0.717) is 0 Å². The molecule has 3 rings (SSSR count). The molecular weight excluding hydrogens is 412 g/mol. The molecule has 0 saturated carbocycles. The minimum atomic E-state index is -0.665. The lowest BCUT2D eigenvalue weighted by Gasteiger charge is -2.29. The first-order valence-electron chi connectivity index (χ1n) is 9.77. The van der Waals surface area contributed by atoms with Crippen LogP contribution in [0.5, 0.6) is 5.75 Å². The number of ether oxygens (including phenoxy) is 2. The van der Waals surface area contributed by atoms with Crippen LogP contribution < -0.4 is 4.74 Å². The molecule has 0 aliphatic rings. The zero-order valence-corrected chi connectivity index (χ0v) is 17.6. The number of methoxy groups -OCH3 is 1. The van der Waals surface area contributed by atoms with Gasteiger partial charge in [0.15, 0.2) is 12.4 Å². The average molecular weight is 434 g/mol. The lowest BCUT2D eigenvalue weighted by molar-refractivity contribution is -0.385. The first kappa shape index (κ1) is 22.5. The maximum atomic E-state index is 13.0. The van der Waals surface area contributed by atoms with E-state index in [2.05, 4.69) is 4.74 Å². The Morgan fingerprint density at radius 2 is 1.53 bits per heavy atom. The Balaban J connectivity index is 1.84. The standard InChI is InChI=1S/C24H22N2O6/c1-25(23(17-9-5-3-6-10-17)18-11-7-4-8-12-18)22(27)16-32-21-15-19(24(28)31-2)13-14-20(21)26(29)30/h3-15,23H,16H2,1-2H3. The van der Waals surface area contributed by atoms with Gasteiger partial charge in [0.25, 0.3) is 5.91 Å². The Bertz CT molecular complexity index is 1060. The molecule has 0 spiro atoms. The molecule has 0 radical (unpaired) electrons. The number of amides is 1. The summed E-state index contributed by atoms with van der Waals surface area (Å²) in [6, 6.07) is 22.3. The summed E-state index contributed by atoms with van der Waals surface area (Å²) in [6.45, 7) is -0.446. The molecule has 0 heterocycles. The average Bonchev–Trinajstić information content (AvgIpc) is 2.83. The summed E-state index contributed by atoms with van der Waals surface area (Å²) in [7, 11) is 2.85. The van der Waals surface area contributed by atoms with Crippen molar-refractivity contribution >= 4 is 17.6 Å².